The normalized spacial score (nSPS) is 9.96. The van der Waals surface area contributed by atoms with Gasteiger partial charge in [-0.25, -0.2) is 4.79 Å². The summed E-state index contributed by atoms with van der Waals surface area (Å²) >= 11 is 0. The quantitative estimate of drug-likeness (QED) is 0.867. The number of methoxy groups -OCH3 is 1. The Morgan fingerprint density at radius 1 is 1.25 bits per heavy atom. The number of furan rings is 1. The number of hydrogen-bond acceptors (Lipinski definition) is 6. The first-order chi connectivity index (χ1) is 11.4. The van der Waals surface area contributed by atoms with Crippen LogP contribution in [0.25, 0.3) is 0 Å². The predicted octanol–water partition coefficient (Wildman–Crippen LogP) is 2.56. The van der Waals surface area contributed by atoms with Gasteiger partial charge in [0, 0.05) is 25.3 Å². The summed E-state index contributed by atoms with van der Waals surface area (Å²) in [5.41, 5.74) is 1.31. The molecule has 0 saturated carbocycles. The standard InChI is InChI=1S/C17H17N3O4/c1-10-14(17(22)23-4)13(9-18)16(24-10)19-15(21)11-5-7-12(8-6-11)20(2)3/h5-8H,1-4H3,(H,19,21). The van der Waals surface area contributed by atoms with Crippen LogP contribution in [0.4, 0.5) is 11.6 Å². The molecule has 1 N–H and O–H groups in total. The molecule has 124 valence electrons. The molecule has 2 rings (SSSR count). The molecular weight excluding hydrogens is 310 g/mol. The SMILES string of the molecule is COC(=O)c1c(C)oc(NC(=O)c2ccc(N(C)C)cc2)c1C#N. The van der Waals surface area contributed by atoms with E-state index in [1.165, 1.54) is 14.0 Å². The molecule has 0 spiro atoms. The number of amides is 1. The van der Waals surface area contributed by atoms with E-state index in [0.717, 1.165) is 5.69 Å². The number of esters is 1. The minimum atomic E-state index is -0.691. The summed E-state index contributed by atoms with van der Waals surface area (Å²) in [6.07, 6.45) is 0. The number of carbonyl (C=O) groups is 2. The Bertz CT molecular complexity index is 814. The number of aryl methyl sites for hydroxylation is 1. The van der Waals surface area contributed by atoms with Crippen molar-refractivity contribution in [1.82, 2.24) is 0 Å². The fraction of sp³-hybridized carbons (Fsp3) is 0.235. The average Bonchev–Trinajstić information content (AvgIpc) is 2.89. The van der Waals surface area contributed by atoms with Crippen LogP contribution in [-0.4, -0.2) is 33.1 Å². The third-order valence-corrected chi connectivity index (χ3v) is 3.46. The molecule has 0 aliphatic rings. The molecule has 0 fully saturated rings. The van der Waals surface area contributed by atoms with E-state index in [9.17, 15) is 14.9 Å². The van der Waals surface area contributed by atoms with Crippen LogP contribution in [0, 0.1) is 18.3 Å². The number of nitriles is 1. The Morgan fingerprint density at radius 2 is 1.88 bits per heavy atom. The zero-order valence-electron chi connectivity index (χ0n) is 13.8. The minimum absolute atomic E-state index is 0.0123. The molecule has 1 aromatic carbocycles. The molecule has 0 unspecified atom stereocenters. The van der Waals surface area contributed by atoms with Crippen molar-refractivity contribution < 1.29 is 18.7 Å². The van der Waals surface area contributed by atoms with Gasteiger partial charge in [0.1, 0.15) is 23.0 Å². The summed E-state index contributed by atoms with van der Waals surface area (Å²) in [5, 5.41) is 11.8. The number of hydrogen-bond donors (Lipinski definition) is 1. The van der Waals surface area contributed by atoms with Gasteiger partial charge in [0.2, 0.25) is 5.88 Å². The maximum Gasteiger partial charge on any atom is 0.342 e. The number of rotatable bonds is 4. The van der Waals surface area contributed by atoms with Crippen LogP contribution in [0.1, 0.15) is 32.0 Å². The van der Waals surface area contributed by atoms with E-state index in [-0.39, 0.29) is 22.8 Å². The minimum Gasteiger partial charge on any atom is -0.465 e. The number of nitrogens with one attached hydrogen (secondary N) is 1. The van der Waals surface area contributed by atoms with E-state index < -0.39 is 11.9 Å². The smallest absolute Gasteiger partial charge is 0.342 e. The van der Waals surface area contributed by atoms with Crippen molar-refractivity contribution in [2.24, 2.45) is 0 Å². The summed E-state index contributed by atoms with van der Waals surface area (Å²) in [7, 11) is 5.00. The Balaban J connectivity index is 2.29. The Morgan fingerprint density at radius 3 is 2.38 bits per heavy atom. The molecule has 24 heavy (non-hydrogen) atoms. The second-order valence-corrected chi connectivity index (χ2v) is 5.24. The Labute approximate surface area is 139 Å². The molecule has 1 heterocycles. The summed E-state index contributed by atoms with van der Waals surface area (Å²) in [6, 6.07) is 8.78. The summed E-state index contributed by atoms with van der Waals surface area (Å²) < 4.78 is 9.98. The van der Waals surface area contributed by atoms with Gasteiger partial charge >= 0.3 is 5.97 Å². The van der Waals surface area contributed by atoms with Gasteiger partial charge in [-0.05, 0) is 31.2 Å². The van der Waals surface area contributed by atoms with Gasteiger partial charge < -0.3 is 14.1 Å². The fourth-order valence-corrected chi connectivity index (χ4v) is 2.17. The molecule has 0 saturated heterocycles. The van der Waals surface area contributed by atoms with E-state index in [1.807, 2.05) is 25.1 Å². The van der Waals surface area contributed by atoms with Crippen LogP contribution in [0.5, 0.6) is 0 Å². The fourth-order valence-electron chi connectivity index (χ4n) is 2.17. The lowest BCUT2D eigenvalue weighted by molar-refractivity contribution is 0.0598. The van der Waals surface area contributed by atoms with Crippen molar-refractivity contribution in [3.8, 4) is 6.07 Å². The zero-order valence-corrected chi connectivity index (χ0v) is 13.8. The number of anilines is 2. The molecule has 7 heteroatoms. The van der Waals surface area contributed by atoms with Crippen LogP contribution in [0.2, 0.25) is 0 Å². The van der Waals surface area contributed by atoms with Gasteiger partial charge in [0.05, 0.1) is 7.11 Å². The molecule has 1 aromatic heterocycles. The monoisotopic (exact) mass is 327 g/mol. The molecule has 0 bridgehead atoms. The molecule has 0 atom stereocenters. The average molecular weight is 327 g/mol. The van der Waals surface area contributed by atoms with Gasteiger partial charge in [0.25, 0.3) is 5.91 Å². The second kappa shape index (κ2) is 6.87. The molecule has 2 aromatic rings. The summed E-state index contributed by atoms with van der Waals surface area (Å²) in [6.45, 7) is 1.52. The van der Waals surface area contributed by atoms with E-state index in [1.54, 1.807) is 24.3 Å². The van der Waals surface area contributed by atoms with Crippen molar-refractivity contribution in [3.05, 3.63) is 46.7 Å². The highest BCUT2D eigenvalue weighted by atomic mass is 16.5. The van der Waals surface area contributed by atoms with Crippen molar-refractivity contribution in [2.45, 2.75) is 6.92 Å². The number of ether oxygens (including phenoxy) is 1. The first kappa shape index (κ1) is 17.1. The number of carbonyl (C=O) groups excluding carboxylic acids is 2. The molecule has 7 nitrogen and oxygen atoms in total. The van der Waals surface area contributed by atoms with Crippen molar-refractivity contribution in [3.63, 3.8) is 0 Å². The van der Waals surface area contributed by atoms with Crippen molar-refractivity contribution >= 4 is 23.4 Å². The third kappa shape index (κ3) is 3.22. The summed E-state index contributed by atoms with van der Waals surface area (Å²) in [4.78, 5) is 26.0. The molecule has 0 radical (unpaired) electrons. The van der Waals surface area contributed by atoms with Gasteiger partial charge in [-0.15, -0.1) is 0 Å². The molecule has 1 amide bonds. The van der Waals surface area contributed by atoms with Crippen LogP contribution >= 0.6 is 0 Å². The molecule has 0 aliphatic carbocycles. The van der Waals surface area contributed by atoms with E-state index >= 15 is 0 Å². The number of nitrogens with zero attached hydrogens (tertiary/aromatic N) is 2. The Hall–Kier alpha value is -3.27. The highest BCUT2D eigenvalue weighted by molar-refractivity contribution is 6.05. The van der Waals surface area contributed by atoms with E-state index in [0.29, 0.717) is 5.56 Å². The Kier molecular flexibility index (Phi) is 4.90. The topological polar surface area (TPSA) is 95.6 Å². The van der Waals surface area contributed by atoms with E-state index in [2.05, 4.69) is 10.1 Å². The van der Waals surface area contributed by atoms with Gasteiger partial charge in [-0.3, -0.25) is 10.1 Å². The van der Waals surface area contributed by atoms with Crippen LogP contribution < -0.4 is 10.2 Å². The van der Waals surface area contributed by atoms with Crippen LogP contribution in [0.3, 0.4) is 0 Å². The molecule has 0 aliphatic heterocycles. The van der Waals surface area contributed by atoms with Crippen molar-refractivity contribution in [1.29, 1.82) is 5.26 Å². The lowest BCUT2D eigenvalue weighted by Crippen LogP contribution is -2.13. The van der Waals surface area contributed by atoms with Crippen molar-refractivity contribution in [2.75, 3.05) is 31.4 Å². The largest absolute Gasteiger partial charge is 0.465 e. The van der Waals surface area contributed by atoms with Gasteiger partial charge in [-0.2, -0.15) is 5.26 Å². The maximum absolute atomic E-state index is 12.3. The zero-order chi connectivity index (χ0) is 17.9. The predicted molar refractivity (Wildman–Crippen MR) is 88.2 cm³/mol. The van der Waals surface area contributed by atoms with Gasteiger partial charge in [0.15, 0.2) is 0 Å². The lowest BCUT2D eigenvalue weighted by Gasteiger charge is -2.12. The highest BCUT2D eigenvalue weighted by Crippen LogP contribution is 2.27. The first-order valence-corrected chi connectivity index (χ1v) is 7.09. The van der Waals surface area contributed by atoms with Crippen LogP contribution in [-0.2, 0) is 4.74 Å². The van der Waals surface area contributed by atoms with Crippen LogP contribution in [0.15, 0.2) is 28.7 Å². The van der Waals surface area contributed by atoms with E-state index in [4.69, 9.17) is 4.42 Å². The first-order valence-electron chi connectivity index (χ1n) is 7.09. The molecular formula is C17H17N3O4. The second-order valence-electron chi connectivity index (χ2n) is 5.24. The third-order valence-electron chi connectivity index (χ3n) is 3.46. The lowest BCUT2D eigenvalue weighted by atomic mass is 10.1. The highest BCUT2D eigenvalue weighted by Gasteiger charge is 2.25. The number of benzene rings is 1. The summed E-state index contributed by atoms with van der Waals surface area (Å²) in [5.74, 6) is -1.00. The van der Waals surface area contributed by atoms with Gasteiger partial charge in [-0.1, -0.05) is 0 Å². The maximum atomic E-state index is 12.3.